The van der Waals surface area contributed by atoms with Crippen molar-refractivity contribution in [2.45, 2.75) is 26.8 Å². The van der Waals surface area contributed by atoms with Crippen LogP contribution in [0.5, 0.6) is 0 Å². The first-order valence-corrected chi connectivity index (χ1v) is 5.92. The maximum Gasteiger partial charge on any atom is 0.403 e. The number of carbonyl (C=O) groups is 1. The second kappa shape index (κ2) is 6.14. The molecule has 0 saturated carbocycles. The van der Waals surface area contributed by atoms with E-state index in [1.165, 1.54) is 6.92 Å². The van der Waals surface area contributed by atoms with Crippen molar-refractivity contribution >= 4 is 13.7 Å². The molecule has 0 aliphatic carbocycles. The number of esters is 1. The van der Waals surface area contributed by atoms with Crippen LogP contribution in [0.3, 0.4) is 0 Å². The zero-order valence-electron chi connectivity index (χ0n) is 8.52. The molecule has 0 aromatic rings. The van der Waals surface area contributed by atoms with Crippen LogP contribution >= 0.6 is 7.75 Å². The summed E-state index contributed by atoms with van der Waals surface area (Å²) in [5.74, 6) is -0.582. The molecule has 2 N–H and O–H groups in total. The van der Waals surface area contributed by atoms with E-state index in [4.69, 9.17) is 4.89 Å². The molecule has 0 radical (unpaired) electrons. The number of carbonyl (C=O) groups excluding carboxylic acids is 1. The van der Waals surface area contributed by atoms with Crippen LogP contribution in [0.2, 0.25) is 0 Å². The second-order valence-corrected chi connectivity index (χ2v) is 4.10. The average molecular weight is 225 g/mol. The Morgan fingerprint density at radius 1 is 1.50 bits per heavy atom. The molecule has 0 aromatic heterocycles. The minimum absolute atomic E-state index is 0.0936. The van der Waals surface area contributed by atoms with Crippen molar-refractivity contribution in [2.75, 3.05) is 13.2 Å². The smallest absolute Gasteiger partial charge is 0.403 e. The van der Waals surface area contributed by atoms with E-state index < -0.39 is 19.8 Å². The number of rotatable bonds is 6. The van der Waals surface area contributed by atoms with Crippen molar-refractivity contribution in [3.05, 3.63) is 0 Å². The highest BCUT2D eigenvalue weighted by atomic mass is 31.2. The highest BCUT2D eigenvalue weighted by Crippen LogP contribution is 2.36. The SMILES string of the molecule is CCOC(=O)[C@H](C)NP(=O)(O)OCC. The molecular formula is C7H16NO5P. The quantitative estimate of drug-likeness (QED) is 0.510. The molecule has 0 bridgehead atoms. The summed E-state index contributed by atoms with van der Waals surface area (Å²) >= 11 is 0. The molecule has 0 heterocycles. The Bertz CT molecular complexity index is 232. The van der Waals surface area contributed by atoms with Gasteiger partial charge in [0, 0.05) is 0 Å². The fourth-order valence-electron chi connectivity index (χ4n) is 0.777. The lowest BCUT2D eigenvalue weighted by molar-refractivity contribution is -0.144. The van der Waals surface area contributed by atoms with E-state index >= 15 is 0 Å². The van der Waals surface area contributed by atoms with Gasteiger partial charge in [0.15, 0.2) is 0 Å². The van der Waals surface area contributed by atoms with E-state index in [-0.39, 0.29) is 13.2 Å². The Labute approximate surface area is 83.2 Å². The van der Waals surface area contributed by atoms with Gasteiger partial charge < -0.3 is 9.63 Å². The molecule has 0 spiro atoms. The molecule has 84 valence electrons. The number of nitrogens with one attached hydrogen (secondary N) is 1. The zero-order valence-corrected chi connectivity index (χ0v) is 9.41. The highest BCUT2D eigenvalue weighted by molar-refractivity contribution is 7.50. The molecule has 14 heavy (non-hydrogen) atoms. The molecule has 0 aliphatic heterocycles. The predicted octanol–water partition coefficient (Wildman–Crippen LogP) is 0.664. The lowest BCUT2D eigenvalue weighted by Crippen LogP contribution is -2.33. The van der Waals surface area contributed by atoms with E-state index in [1.54, 1.807) is 13.8 Å². The first-order valence-electron chi connectivity index (χ1n) is 4.34. The molecule has 0 fully saturated rings. The van der Waals surface area contributed by atoms with Gasteiger partial charge in [-0.25, -0.2) is 9.65 Å². The molecule has 0 amide bonds. The molecule has 0 aromatic carbocycles. The van der Waals surface area contributed by atoms with Crippen molar-refractivity contribution in [3.8, 4) is 0 Å². The van der Waals surface area contributed by atoms with Gasteiger partial charge in [0.25, 0.3) is 0 Å². The highest BCUT2D eigenvalue weighted by Gasteiger charge is 2.25. The molecule has 0 aliphatic rings. The lowest BCUT2D eigenvalue weighted by atomic mass is 10.4. The van der Waals surface area contributed by atoms with Gasteiger partial charge in [0.1, 0.15) is 6.04 Å². The van der Waals surface area contributed by atoms with Crippen molar-refractivity contribution in [3.63, 3.8) is 0 Å². The summed E-state index contributed by atoms with van der Waals surface area (Å²) in [7, 11) is -3.88. The fraction of sp³-hybridized carbons (Fsp3) is 0.857. The van der Waals surface area contributed by atoms with Crippen LogP contribution in [0.4, 0.5) is 0 Å². The van der Waals surface area contributed by atoms with Gasteiger partial charge in [-0.2, -0.15) is 0 Å². The van der Waals surface area contributed by atoms with Crippen LogP contribution in [0.25, 0.3) is 0 Å². The van der Waals surface area contributed by atoms with Gasteiger partial charge in [0.05, 0.1) is 13.2 Å². The minimum Gasteiger partial charge on any atom is -0.465 e. The van der Waals surface area contributed by atoms with Crippen molar-refractivity contribution in [1.29, 1.82) is 0 Å². The van der Waals surface area contributed by atoms with E-state index in [0.29, 0.717) is 0 Å². The first kappa shape index (κ1) is 13.6. The van der Waals surface area contributed by atoms with E-state index in [2.05, 4.69) is 14.3 Å². The Kier molecular flexibility index (Phi) is 5.95. The first-order chi connectivity index (χ1) is 6.43. The van der Waals surface area contributed by atoms with Crippen molar-refractivity contribution in [2.24, 2.45) is 0 Å². The average Bonchev–Trinajstić information content (AvgIpc) is 2.03. The third-order valence-electron chi connectivity index (χ3n) is 1.30. The van der Waals surface area contributed by atoms with E-state index in [9.17, 15) is 9.36 Å². The third-order valence-corrected chi connectivity index (χ3v) is 2.62. The summed E-state index contributed by atoms with van der Waals surface area (Å²) in [6.45, 7) is 5.00. The Balaban J connectivity index is 4.10. The predicted molar refractivity (Wildman–Crippen MR) is 50.7 cm³/mol. The normalized spacial score (nSPS) is 17.1. The summed E-state index contributed by atoms with van der Waals surface area (Å²) in [5, 5.41) is 2.16. The summed E-state index contributed by atoms with van der Waals surface area (Å²) < 4.78 is 20.3. The second-order valence-electron chi connectivity index (χ2n) is 2.54. The molecule has 7 heteroatoms. The van der Waals surface area contributed by atoms with Gasteiger partial charge >= 0.3 is 13.7 Å². The van der Waals surface area contributed by atoms with Crippen LogP contribution in [0, 0.1) is 0 Å². The zero-order chi connectivity index (χ0) is 11.2. The van der Waals surface area contributed by atoms with E-state index in [1.807, 2.05) is 0 Å². The minimum atomic E-state index is -3.88. The maximum atomic E-state index is 11.1. The molecule has 1 unspecified atom stereocenters. The molecule has 0 rings (SSSR count). The third kappa shape index (κ3) is 5.34. The Hall–Kier alpha value is -0.420. The Morgan fingerprint density at radius 3 is 2.50 bits per heavy atom. The summed E-state index contributed by atoms with van der Waals surface area (Å²) in [6, 6.07) is -0.864. The van der Waals surface area contributed by atoms with E-state index in [0.717, 1.165) is 0 Å². The molecular weight excluding hydrogens is 209 g/mol. The van der Waals surface area contributed by atoms with Gasteiger partial charge in [0.2, 0.25) is 0 Å². The molecule has 0 saturated heterocycles. The van der Waals surface area contributed by atoms with Gasteiger partial charge in [-0.1, -0.05) is 0 Å². The Morgan fingerprint density at radius 2 is 2.07 bits per heavy atom. The van der Waals surface area contributed by atoms with Crippen LogP contribution < -0.4 is 5.09 Å². The van der Waals surface area contributed by atoms with Gasteiger partial charge in [-0.15, -0.1) is 0 Å². The fourth-order valence-corrected chi connectivity index (χ4v) is 1.80. The number of hydrogen-bond donors (Lipinski definition) is 2. The van der Waals surface area contributed by atoms with Crippen LogP contribution in [-0.2, 0) is 18.6 Å². The van der Waals surface area contributed by atoms with Crippen LogP contribution in [0.1, 0.15) is 20.8 Å². The topological polar surface area (TPSA) is 84.9 Å². The van der Waals surface area contributed by atoms with Gasteiger partial charge in [-0.3, -0.25) is 9.32 Å². The molecule has 6 nitrogen and oxygen atoms in total. The van der Waals surface area contributed by atoms with Crippen LogP contribution in [0.15, 0.2) is 0 Å². The van der Waals surface area contributed by atoms with Crippen molar-refractivity contribution in [1.82, 2.24) is 5.09 Å². The maximum absolute atomic E-state index is 11.1. The monoisotopic (exact) mass is 225 g/mol. The van der Waals surface area contributed by atoms with Crippen molar-refractivity contribution < 1.29 is 23.5 Å². The lowest BCUT2D eigenvalue weighted by Gasteiger charge is -2.16. The largest absolute Gasteiger partial charge is 0.465 e. The summed E-state index contributed by atoms with van der Waals surface area (Å²) in [4.78, 5) is 20.2. The standard InChI is InChI=1S/C7H16NO5P/c1-4-12-7(9)6(3)8-14(10,11)13-5-2/h6H,4-5H2,1-3H3,(H2,8,10,11)/t6-/m0/s1. The van der Waals surface area contributed by atoms with Crippen LogP contribution in [-0.4, -0.2) is 30.1 Å². The number of hydrogen-bond acceptors (Lipinski definition) is 4. The summed E-state index contributed by atoms with van der Waals surface area (Å²) in [5.41, 5.74) is 0. The summed E-state index contributed by atoms with van der Waals surface area (Å²) in [6.07, 6.45) is 0. The number of ether oxygens (including phenoxy) is 1. The molecule has 2 atom stereocenters. The van der Waals surface area contributed by atoms with Gasteiger partial charge in [-0.05, 0) is 20.8 Å².